The number of nitrogens with zero attached hydrogens (tertiary/aromatic N) is 2. The van der Waals surface area contributed by atoms with Crippen LogP contribution in [0.2, 0.25) is 0 Å². The summed E-state index contributed by atoms with van der Waals surface area (Å²) in [6.07, 6.45) is 1.98. The topological polar surface area (TPSA) is 9.29 Å². The zero-order valence-corrected chi connectivity index (χ0v) is 7.70. The molecule has 0 aliphatic heterocycles. The van der Waals surface area contributed by atoms with Gasteiger partial charge in [-0.15, -0.1) is 0 Å². The zero-order chi connectivity index (χ0) is 9.42. The van der Waals surface area contributed by atoms with E-state index in [-0.39, 0.29) is 0 Å². The van der Waals surface area contributed by atoms with E-state index in [1.165, 1.54) is 0 Å². The first kappa shape index (κ1) is 7.88. The van der Waals surface area contributed by atoms with Crippen LogP contribution in [0.4, 0.5) is 5.69 Å². The third kappa shape index (κ3) is 1.01. The molecule has 0 atom stereocenters. The van der Waals surface area contributed by atoms with Crippen molar-refractivity contribution in [1.82, 2.24) is 4.57 Å². The van der Waals surface area contributed by atoms with Crippen molar-refractivity contribution >= 4 is 16.6 Å². The lowest BCUT2D eigenvalue weighted by molar-refractivity contribution is 0.969. The zero-order valence-electron chi connectivity index (χ0n) is 7.70. The summed E-state index contributed by atoms with van der Waals surface area (Å²) >= 11 is 0. The van der Waals surface area contributed by atoms with E-state index < -0.39 is 0 Å². The van der Waals surface area contributed by atoms with Gasteiger partial charge in [-0.25, -0.2) is 4.85 Å². The van der Waals surface area contributed by atoms with Crippen LogP contribution in [-0.2, 0) is 7.05 Å². The number of aromatic nitrogens is 1. The van der Waals surface area contributed by atoms with Gasteiger partial charge < -0.3 is 4.57 Å². The third-order valence-corrected chi connectivity index (χ3v) is 2.35. The van der Waals surface area contributed by atoms with Crippen molar-refractivity contribution in [2.45, 2.75) is 6.92 Å². The Balaban J connectivity index is 2.95. The Morgan fingerprint density at radius 3 is 2.77 bits per heavy atom. The third-order valence-electron chi connectivity index (χ3n) is 2.35. The molecule has 0 unspecified atom stereocenters. The van der Waals surface area contributed by atoms with Crippen LogP contribution >= 0.6 is 0 Å². The molecule has 1 aromatic carbocycles. The van der Waals surface area contributed by atoms with Gasteiger partial charge in [0.25, 0.3) is 0 Å². The van der Waals surface area contributed by atoms with Crippen LogP contribution in [0.3, 0.4) is 0 Å². The fraction of sp³-hybridized carbons (Fsp3) is 0.182. The summed E-state index contributed by atoms with van der Waals surface area (Å²) in [4.78, 5) is 3.55. The highest BCUT2D eigenvalue weighted by Gasteiger charge is 2.05. The van der Waals surface area contributed by atoms with Crippen molar-refractivity contribution in [3.05, 3.63) is 41.4 Å². The largest absolute Gasteiger partial charge is 0.352 e. The summed E-state index contributed by atoms with van der Waals surface area (Å²) in [6.45, 7) is 9.06. The van der Waals surface area contributed by atoms with Crippen molar-refractivity contribution in [1.29, 1.82) is 0 Å². The molecule has 0 aliphatic rings. The van der Waals surface area contributed by atoms with E-state index in [1.807, 2.05) is 36.9 Å². The molecule has 2 heteroatoms. The number of fused-ring (bicyclic) bond motifs is 1. The summed E-state index contributed by atoms with van der Waals surface area (Å²) in [5.41, 5.74) is 2.95. The van der Waals surface area contributed by atoms with E-state index in [0.29, 0.717) is 0 Å². The average molecular weight is 170 g/mol. The number of rotatable bonds is 0. The number of aryl methyl sites for hydroxylation is 2. The Bertz CT molecular complexity index is 501. The molecule has 64 valence electrons. The van der Waals surface area contributed by atoms with Crippen molar-refractivity contribution < 1.29 is 0 Å². The number of hydrogen-bond donors (Lipinski definition) is 0. The summed E-state index contributed by atoms with van der Waals surface area (Å²) in [5, 5.41) is 1.05. The van der Waals surface area contributed by atoms with Crippen LogP contribution in [0, 0.1) is 13.5 Å². The molecule has 0 bridgehead atoms. The van der Waals surface area contributed by atoms with Gasteiger partial charge in [-0.3, -0.25) is 0 Å². The Kier molecular flexibility index (Phi) is 1.60. The summed E-state index contributed by atoms with van der Waals surface area (Å²) < 4.78 is 2.03. The molecule has 0 N–H and O–H groups in total. The second-order valence-corrected chi connectivity index (χ2v) is 3.20. The molecular weight excluding hydrogens is 160 g/mol. The molecule has 0 aliphatic carbocycles. The second kappa shape index (κ2) is 2.63. The maximum absolute atomic E-state index is 7.09. The standard InChI is InChI=1S/C11H10N2/c1-8-4-5-10-9(11(8)12-2)6-7-13(10)3/h4-7H,1,3H3. The van der Waals surface area contributed by atoms with Gasteiger partial charge in [-0.1, -0.05) is 6.07 Å². The highest BCUT2D eigenvalue weighted by molar-refractivity contribution is 5.94. The first-order valence-corrected chi connectivity index (χ1v) is 4.16. The van der Waals surface area contributed by atoms with Crippen LogP contribution in [0.25, 0.3) is 15.7 Å². The first-order valence-electron chi connectivity index (χ1n) is 4.16. The quantitative estimate of drug-likeness (QED) is 0.537. The summed E-state index contributed by atoms with van der Waals surface area (Å²) in [5.74, 6) is 0. The minimum atomic E-state index is 0.776. The van der Waals surface area contributed by atoms with Gasteiger partial charge in [0, 0.05) is 24.1 Å². The number of benzene rings is 1. The molecule has 0 saturated heterocycles. The second-order valence-electron chi connectivity index (χ2n) is 3.20. The molecule has 2 rings (SSSR count). The smallest absolute Gasteiger partial charge is 0.199 e. The van der Waals surface area contributed by atoms with E-state index in [0.717, 1.165) is 22.2 Å². The Labute approximate surface area is 77.2 Å². The lowest BCUT2D eigenvalue weighted by Gasteiger charge is -2.00. The van der Waals surface area contributed by atoms with Gasteiger partial charge in [-0.05, 0) is 24.6 Å². The van der Waals surface area contributed by atoms with Gasteiger partial charge in [-0.2, -0.15) is 0 Å². The van der Waals surface area contributed by atoms with Crippen molar-refractivity contribution in [2.24, 2.45) is 7.05 Å². The minimum absolute atomic E-state index is 0.776. The van der Waals surface area contributed by atoms with Crippen molar-refractivity contribution in [2.75, 3.05) is 0 Å². The SMILES string of the molecule is [C-]#[N+]c1c(C)ccc2c1ccn2C. The molecule has 2 aromatic rings. The van der Waals surface area contributed by atoms with Crippen LogP contribution < -0.4 is 0 Å². The van der Waals surface area contributed by atoms with Gasteiger partial charge in [0.2, 0.25) is 0 Å². The highest BCUT2D eigenvalue weighted by atomic mass is 14.9. The normalized spacial score (nSPS) is 10.2. The van der Waals surface area contributed by atoms with E-state index in [2.05, 4.69) is 10.9 Å². The molecule has 0 radical (unpaired) electrons. The molecule has 2 nitrogen and oxygen atoms in total. The van der Waals surface area contributed by atoms with Gasteiger partial charge >= 0.3 is 0 Å². The van der Waals surface area contributed by atoms with E-state index >= 15 is 0 Å². The molecule has 0 saturated carbocycles. The number of hydrogen-bond acceptors (Lipinski definition) is 0. The fourth-order valence-electron chi connectivity index (χ4n) is 1.59. The van der Waals surface area contributed by atoms with Crippen LogP contribution in [0.1, 0.15) is 5.56 Å². The molecule has 0 amide bonds. The predicted molar refractivity (Wildman–Crippen MR) is 53.9 cm³/mol. The Morgan fingerprint density at radius 1 is 1.31 bits per heavy atom. The van der Waals surface area contributed by atoms with E-state index in [4.69, 9.17) is 6.57 Å². The highest BCUT2D eigenvalue weighted by Crippen LogP contribution is 2.29. The lowest BCUT2D eigenvalue weighted by atomic mass is 10.1. The Morgan fingerprint density at radius 2 is 2.08 bits per heavy atom. The lowest BCUT2D eigenvalue weighted by Crippen LogP contribution is -1.83. The molecule has 0 fully saturated rings. The molecular formula is C11H10N2. The monoisotopic (exact) mass is 170 g/mol. The first-order chi connectivity index (χ1) is 6.24. The van der Waals surface area contributed by atoms with Crippen LogP contribution in [-0.4, -0.2) is 4.57 Å². The van der Waals surface area contributed by atoms with E-state index in [1.54, 1.807) is 0 Å². The minimum Gasteiger partial charge on any atom is -0.352 e. The maximum Gasteiger partial charge on any atom is 0.199 e. The van der Waals surface area contributed by atoms with Crippen LogP contribution in [0.15, 0.2) is 24.4 Å². The van der Waals surface area contributed by atoms with Gasteiger partial charge in [0.15, 0.2) is 5.69 Å². The predicted octanol–water partition coefficient (Wildman–Crippen LogP) is 3.04. The molecule has 1 aromatic heterocycles. The van der Waals surface area contributed by atoms with Gasteiger partial charge in [0.1, 0.15) is 0 Å². The Hall–Kier alpha value is -1.75. The fourth-order valence-corrected chi connectivity index (χ4v) is 1.59. The van der Waals surface area contributed by atoms with Crippen LogP contribution in [0.5, 0.6) is 0 Å². The van der Waals surface area contributed by atoms with Crippen molar-refractivity contribution in [3.63, 3.8) is 0 Å². The van der Waals surface area contributed by atoms with Crippen molar-refractivity contribution in [3.8, 4) is 0 Å². The van der Waals surface area contributed by atoms with Gasteiger partial charge in [0.05, 0.1) is 6.57 Å². The van der Waals surface area contributed by atoms with E-state index in [9.17, 15) is 0 Å². The molecule has 0 spiro atoms. The average Bonchev–Trinajstić information content (AvgIpc) is 2.48. The molecule has 1 heterocycles. The summed E-state index contributed by atoms with van der Waals surface area (Å²) in [7, 11) is 1.99. The molecule has 13 heavy (non-hydrogen) atoms. The summed E-state index contributed by atoms with van der Waals surface area (Å²) in [6, 6.07) is 6.05. The maximum atomic E-state index is 7.09.